The van der Waals surface area contributed by atoms with Crippen molar-refractivity contribution in [1.82, 2.24) is 9.97 Å². The van der Waals surface area contributed by atoms with E-state index in [1.165, 1.54) is 12.0 Å². The van der Waals surface area contributed by atoms with Crippen molar-refractivity contribution in [1.29, 1.82) is 0 Å². The van der Waals surface area contributed by atoms with Crippen LogP contribution < -0.4 is 0 Å². The van der Waals surface area contributed by atoms with Gasteiger partial charge >= 0.3 is 0 Å². The van der Waals surface area contributed by atoms with Crippen molar-refractivity contribution in [3.05, 3.63) is 41.9 Å². The van der Waals surface area contributed by atoms with Crippen LogP contribution in [0.2, 0.25) is 0 Å². The second-order valence-corrected chi connectivity index (χ2v) is 5.28. The lowest BCUT2D eigenvalue weighted by Gasteiger charge is -2.07. The van der Waals surface area contributed by atoms with Gasteiger partial charge in [0.05, 0.1) is 5.56 Å². The molecule has 0 aliphatic rings. The van der Waals surface area contributed by atoms with E-state index in [4.69, 9.17) is 0 Å². The van der Waals surface area contributed by atoms with E-state index < -0.39 is 0 Å². The Bertz CT molecular complexity index is 547. The third-order valence-electron chi connectivity index (χ3n) is 3.16. The maximum atomic E-state index is 9.84. The molecule has 1 heterocycles. The third-order valence-corrected chi connectivity index (χ3v) is 3.16. The molecule has 1 N–H and O–H groups in total. The van der Waals surface area contributed by atoms with E-state index in [0.29, 0.717) is 17.3 Å². The standard InChI is InChI=1S/C16H20N2O/c1-11(2)4-5-13-6-8-14(9-7-13)15-10-17-12(3)18-16(15)19/h6-11H,4-5H2,1-3H3,(H,17,18,19). The number of hydrogen-bond acceptors (Lipinski definition) is 3. The summed E-state index contributed by atoms with van der Waals surface area (Å²) in [5.74, 6) is 1.34. The molecule has 0 amide bonds. The zero-order valence-corrected chi connectivity index (χ0v) is 11.7. The van der Waals surface area contributed by atoms with Crippen molar-refractivity contribution >= 4 is 0 Å². The second kappa shape index (κ2) is 5.83. The van der Waals surface area contributed by atoms with Crippen molar-refractivity contribution in [2.75, 3.05) is 0 Å². The Labute approximate surface area is 114 Å². The molecule has 0 spiro atoms. The van der Waals surface area contributed by atoms with Crippen molar-refractivity contribution < 1.29 is 5.11 Å². The summed E-state index contributed by atoms with van der Waals surface area (Å²) in [6.45, 7) is 6.23. The summed E-state index contributed by atoms with van der Waals surface area (Å²) in [4.78, 5) is 8.10. The first-order valence-corrected chi connectivity index (χ1v) is 6.68. The van der Waals surface area contributed by atoms with Gasteiger partial charge in [0, 0.05) is 6.20 Å². The smallest absolute Gasteiger partial charge is 0.222 e. The Balaban J connectivity index is 2.18. The van der Waals surface area contributed by atoms with E-state index in [-0.39, 0.29) is 5.88 Å². The molecule has 1 aromatic heterocycles. The number of hydrogen-bond donors (Lipinski definition) is 1. The quantitative estimate of drug-likeness (QED) is 0.906. The first kappa shape index (κ1) is 13.5. The first-order chi connectivity index (χ1) is 9.06. The Hall–Kier alpha value is -1.90. The van der Waals surface area contributed by atoms with Crippen LogP contribution in [0.4, 0.5) is 0 Å². The fourth-order valence-electron chi connectivity index (χ4n) is 1.97. The number of nitrogens with zero attached hydrogens (tertiary/aromatic N) is 2. The molecule has 0 unspecified atom stereocenters. The van der Waals surface area contributed by atoms with E-state index >= 15 is 0 Å². The van der Waals surface area contributed by atoms with Crippen LogP contribution in [0.1, 0.15) is 31.7 Å². The molecule has 100 valence electrons. The Morgan fingerprint density at radius 2 is 1.84 bits per heavy atom. The number of rotatable bonds is 4. The molecular weight excluding hydrogens is 236 g/mol. The summed E-state index contributed by atoms with van der Waals surface area (Å²) in [6, 6.07) is 8.25. The van der Waals surface area contributed by atoms with Gasteiger partial charge in [-0.3, -0.25) is 0 Å². The van der Waals surface area contributed by atoms with Gasteiger partial charge in [0.1, 0.15) is 5.82 Å². The van der Waals surface area contributed by atoms with Gasteiger partial charge in [-0.05, 0) is 36.8 Å². The Kier molecular flexibility index (Phi) is 4.15. The first-order valence-electron chi connectivity index (χ1n) is 6.68. The normalized spacial score (nSPS) is 10.9. The molecule has 2 rings (SSSR count). The Morgan fingerprint density at radius 3 is 2.42 bits per heavy atom. The van der Waals surface area contributed by atoms with E-state index in [9.17, 15) is 5.11 Å². The maximum absolute atomic E-state index is 9.84. The maximum Gasteiger partial charge on any atom is 0.222 e. The fourth-order valence-corrected chi connectivity index (χ4v) is 1.97. The lowest BCUT2D eigenvalue weighted by Crippen LogP contribution is -1.93. The fraction of sp³-hybridized carbons (Fsp3) is 0.375. The summed E-state index contributed by atoms with van der Waals surface area (Å²) in [6.07, 6.45) is 3.95. The topological polar surface area (TPSA) is 46.0 Å². The van der Waals surface area contributed by atoms with E-state index in [1.807, 2.05) is 12.1 Å². The SMILES string of the molecule is Cc1ncc(-c2ccc(CCC(C)C)cc2)c(O)n1. The molecule has 0 aliphatic carbocycles. The minimum atomic E-state index is 0.0439. The highest BCUT2D eigenvalue weighted by Gasteiger charge is 2.06. The highest BCUT2D eigenvalue weighted by Crippen LogP contribution is 2.26. The van der Waals surface area contributed by atoms with Gasteiger partial charge in [0.15, 0.2) is 0 Å². The zero-order valence-electron chi connectivity index (χ0n) is 11.7. The highest BCUT2D eigenvalue weighted by atomic mass is 16.3. The lowest BCUT2D eigenvalue weighted by atomic mass is 10.0. The second-order valence-electron chi connectivity index (χ2n) is 5.28. The highest BCUT2D eigenvalue weighted by molar-refractivity contribution is 5.67. The summed E-state index contributed by atoms with van der Waals surface area (Å²) in [5, 5.41) is 9.84. The van der Waals surface area contributed by atoms with Crippen LogP contribution in [0.5, 0.6) is 5.88 Å². The largest absolute Gasteiger partial charge is 0.493 e. The van der Waals surface area contributed by atoms with Gasteiger partial charge in [-0.15, -0.1) is 0 Å². The summed E-state index contributed by atoms with van der Waals surface area (Å²) in [7, 11) is 0. The molecule has 0 atom stereocenters. The average Bonchev–Trinajstić information content (AvgIpc) is 2.37. The van der Waals surface area contributed by atoms with Crippen molar-refractivity contribution in [3.8, 4) is 17.0 Å². The van der Waals surface area contributed by atoms with E-state index in [0.717, 1.165) is 12.0 Å². The minimum absolute atomic E-state index is 0.0439. The predicted molar refractivity (Wildman–Crippen MR) is 77.0 cm³/mol. The molecule has 0 fully saturated rings. The molecule has 0 radical (unpaired) electrons. The van der Waals surface area contributed by atoms with Crippen LogP contribution in [0, 0.1) is 12.8 Å². The van der Waals surface area contributed by atoms with Gasteiger partial charge in [0.25, 0.3) is 0 Å². The van der Waals surface area contributed by atoms with Gasteiger partial charge < -0.3 is 5.11 Å². The van der Waals surface area contributed by atoms with Crippen molar-refractivity contribution in [3.63, 3.8) is 0 Å². The van der Waals surface area contributed by atoms with Crippen LogP contribution in [-0.2, 0) is 6.42 Å². The van der Waals surface area contributed by atoms with Crippen LogP contribution in [0.15, 0.2) is 30.5 Å². The third kappa shape index (κ3) is 3.53. The molecule has 2 aromatic rings. The molecule has 3 nitrogen and oxygen atoms in total. The monoisotopic (exact) mass is 256 g/mol. The number of aromatic nitrogens is 2. The Morgan fingerprint density at radius 1 is 1.16 bits per heavy atom. The molecule has 1 aromatic carbocycles. The molecule has 0 saturated carbocycles. The van der Waals surface area contributed by atoms with E-state index in [2.05, 4.69) is 35.9 Å². The van der Waals surface area contributed by atoms with Crippen LogP contribution in [-0.4, -0.2) is 15.1 Å². The van der Waals surface area contributed by atoms with E-state index in [1.54, 1.807) is 13.1 Å². The number of aryl methyl sites for hydroxylation is 2. The molecular formula is C16H20N2O. The van der Waals surface area contributed by atoms with Crippen LogP contribution >= 0.6 is 0 Å². The lowest BCUT2D eigenvalue weighted by molar-refractivity contribution is 0.452. The number of aromatic hydroxyl groups is 1. The number of benzene rings is 1. The van der Waals surface area contributed by atoms with Crippen molar-refractivity contribution in [2.24, 2.45) is 5.92 Å². The summed E-state index contributed by atoms with van der Waals surface area (Å²) < 4.78 is 0. The van der Waals surface area contributed by atoms with Crippen LogP contribution in [0.3, 0.4) is 0 Å². The summed E-state index contributed by atoms with van der Waals surface area (Å²) in [5.41, 5.74) is 2.96. The summed E-state index contributed by atoms with van der Waals surface area (Å²) >= 11 is 0. The van der Waals surface area contributed by atoms with Gasteiger partial charge in [-0.1, -0.05) is 38.1 Å². The van der Waals surface area contributed by atoms with Gasteiger partial charge in [-0.25, -0.2) is 4.98 Å². The van der Waals surface area contributed by atoms with Crippen molar-refractivity contribution in [2.45, 2.75) is 33.6 Å². The minimum Gasteiger partial charge on any atom is -0.493 e. The van der Waals surface area contributed by atoms with Gasteiger partial charge in [0.2, 0.25) is 5.88 Å². The molecule has 19 heavy (non-hydrogen) atoms. The molecule has 0 bridgehead atoms. The zero-order chi connectivity index (χ0) is 13.8. The molecule has 0 aliphatic heterocycles. The molecule has 3 heteroatoms. The predicted octanol–water partition coefficient (Wildman–Crippen LogP) is 3.75. The molecule has 0 saturated heterocycles. The average molecular weight is 256 g/mol. The van der Waals surface area contributed by atoms with Gasteiger partial charge in [-0.2, -0.15) is 4.98 Å². The van der Waals surface area contributed by atoms with Crippen LogP contribution in [0.25, 0.3) is 11.1 Å².